The van der Waals surface area contributed by atoms with Gasteiger partial charge in [-0.2, -0.15) is 0 Å². The van der Waals surface area contributed by atoms with Crippen LogP contribution in [-0.2, 0) is 25.4 Å². The number of rotatable bonds is 11. The summed E-state index contributed by atoms with van der Waals surface area (Å²) in [5.74, 6) is -1.23. The predicted octanol–water partition coefficient (Wildman–Crippen LogP) is 4.18. The fourth-order valence-electron chi connectivity index (χ4n) is 2.88. The van der Waals surface area contributed by atoms with Crippen molar-refractivity contribution in [1.82, 2.24) is 0 Å². The molecule has 0 fully saturated rings. The van der Waals surface area contributed by atoms with E-state index in [1.165, 1.54) is 0 Å². The lowest BCUT2D eigenvalue weighted by Crippen LogP contribution is -2.61. The minimum Gasteiger partial charge on any atom is -0.364 e. The van der Waals surface area contributed by atoms with Crippen molar-refractivity contribution < 1.29 is 18.9 Å². The van der Waals surface area contributed by atoms with Crippen molar-refractivity contribution in [3.63, 3.8) is 0 Å². The van der Waals surface area contributed by atoms with Gasteiger partial charge >= 0.3 is 5.97 Å². The first-order valence-electron chi connectivity index (χ1n) is 8.56. The summed E-state index contributed by atoms with van der Waals surface area (Å²) in [5, 5.41) is 0. The molecule has 1 aromatic rings. The SMILES string of the molecule is CCOC(OCC)(OCC)C(C)(Cc1ccccc1)OC(C)C. The zero-order valence-electron chi connectivity index (χ0n) is 15.4. The first-order valence-corrected chi connectivity index (χ1v) is 8.56. The van der Waals surface area contributed by atoms with E-state index in [1.54, 1.807) is 0 Å². The topological polar surface area (TPSA) is 36.9 Å². The lowest BCUT2D eigenvalue weighted by molar-refractivity contribution is -0.444. The molecule has 0 saturated carbocycles. The second-order valence-electron chi connectivity index (χ2n) is 5.92. The molecule has 1 atom stereocenters. The molecule has 0 aliphatic carbocycles. The van der Waals surface area contributed by atoms with E-state index in [4.69, 9.17) is 18.9 Å². The zero-order chi connectivity index (χ0) is 17.3. The Hall–Kier alpha value is -0.940. The third-order valence-electron chi connectivity index (χ3n) is 3.53. The van der Waals surface area contributed by atoms with Gasteiger partial charge in [-0.05, 0) is 47.1 Å². The first kappa shape index (κ1) is 20.1. The average Bonchev–Trinajstić information content (AvgIpc) is 2.48. The van der Waals surface area contributed by atoms with Gasteiger partial charge in [-0.3, -0.25) is 0 Å². The van der Waals surface area contributed by atoms with Crippen molar-refractivity contribution >= 4 is 0 Å². The summed E-state index contributed by atoms with van der Waals surface area (Å²) >= 11 is 0. The second kappa shape index (κ2) is 9.38. The Morgan fingerprint density at radius 3 is 1.74 bits per heavy atom. The summed E-state index contributed by atoms with van der Waals surface area (Å²) < 4.78 is 24.2. The Bertz CT molecular complexity index is 415. The van der Waals surface area contributed by atoms with Gasteiger partial charge in [-0.25, -0.2) is 0 Å². The summed E-state index contributed by atoms with van der Waals surface area (Å²) in [5.41, 5.74) is 0.379. The largest absolute Gasteiger partial charge is 0.364 e. The van der Waals surface area contributed by atoms with E-state index < -0.39 is 11.6 Å². The molecule has 0 spiro atoms. The number of hydrogen-bond donors (Lipinski definition) is 0. The van der Waals surface area contributed by atoms with E-state index in [-0.39, 0.29) is 6.10 Å². The monoisotopic (exact) mass is 324 g/mol. The van der Waals surface area contributed by atoms with E-state index in [2.05, 4.69) is 12.1 Å². The van der Waals surface area contributed by atoms with Crippen LogP contribution in [0.1, 0.15) is 47.1 Å². The van der Waals surface area contributed by atoms with Crippen LogP contribution in [0.15, 0.2) is 30.3 Å². The number of ether oxygens (including phenoxy) is 4. The van der Waals surface area contributed by atoms with Crippen LogP contribution in [0.3, 0.4) is 0 Å². The summed E-state index contributed by atoms with van der Waals surface area (Å²) in [6, 6.07) is 10.2. The maximum Gasteiger partial charge on any atom is 0.313 e. The molecular weight excluding hydrogens is 292 g/mol. The molecule has 0 heterocycles. The molecule has 0 amide bonds. The smallest absolute Gasteiger partial charge is 0.313 e. The quantitative estimate of drug-likeness (QED) is 0.572. The van der Waals surface area contributed by atoms with Crippen LogP contribution in [0.5, 0.6) is 0 Å². The van der Waals surface area contributed by atoms with E-state index in [0.29, 0.717) is 26.2 Å². The van der Waals surface area contributed by atoms with Crippen LogP contribution in [0.25, 0.3) is 0 Å². The molecule has 0 aliphatic rings. The predicted molar refractivity (Wildman–Crippen MR) is 92.4 cm³/mol. The van der Waals surface area contributed by atoms with Crippen LogP contribution in [0.2, 0.25) is 0 Å². The minimum absolute atomic E-state index is 0.0180. The lowest BCUT2D eigenvalue weighted by atomic mass is 9.92. The van der Waals surface area contributed by atoms with Gasteiger partial charge in [0.1, 0.15) is 0 Å². The molecule has 0 N–H and O–H groups in total. The maximum atomic E-state index is 6.29. The Morgan fingerprint density at radius 1 is 0.870 bits per heavy atom. The molecule has 1 aromatic carbocycles. The molecule has 1 rings (SSSR count). The van der Waals surface area contributed by atoms with Gasteiger partial charge in [0.15, 0.2) is 5.60 Å². The lowest BCUT2D eigenvalue weighted by Gasteiger charge is -2.46. The average molecular weight is 324 g/mol. The van der Waals surface area contributed by atoms with E-state index in [9.17, 15) is 0 Å². The van der Waals surface area contributed by atoms with Crippen molar-refractivity contribution in [2.24, 2.45) is 0 Å². The highest BCUT2D eigenvalue weighted by Gasteiger charge is 2.54. The maximum absolute atomic E-state index is 6.29. The van der Waals surface area contributed by atoms with Crippen molar-refractivity contribution in [1.29, 1.82) is 0 Å². The van der Waals surface area contributed by atoms with Crippen molar-refractivity contribution in [2.45, 2.75) is 65.6 Å². The van der Waals surface area contributed by atoms with Crippen molar-refractivity contribution in [2.75, 3.05) is 19.8 Å². The molecule has 0 aliphatic heterocycles. The summed E-state index contributed by atoms with van der Waals surface area (Å²) in [4.78, 5) is 0. The van der Waals surface area contributed by atoms with Crippen LogP contribution in [0.4, 0.5) is 0 Å². The van der Waals surface area contributed by atoms with Gasteiger partial charge in [0.25, 0.3) is 0 Å². The number of benzene rings is 1. The molecular formula is C19H32O4. The fourth-order valence-corrected chi connectivity index (χ4v) is 2.88. The van der Waals surface area contributed by atoms with Gasteiger partial charge in [0.2, 0.25) is 0 Å². The molecule has 0 saturated heterocycles. The van der Waals surface area contributed by atoms with Gasteiger partial charge < -0.3 is 18.9 Å². The van der Waals surface area contributed by atoms with Crippen molar-refractivity contribution in [3.8, 4) is 0 Å². The van der Waals surface area contributed by atoms with Gasteiger partial charge in [-0.1, -0.05) is 30.3 Å². The minimum atomic E-state index is -1.23. The van der Waals surface area contributed by atoms with Crippen LogP contribution in [0, 0.1) is 0 Å². The second-order valence-corrected chi connectivity index (χ2v) is 5.92. The highest BCUT2D eigenvalue weighted by Crippen LogP contribution is 2.37. The summed E-state index contributed by atoms with van der Waals surface area (Å²) in [6.07, 6.45) is 0.649. The van der Waals surface area contributed by atoms with E-state index in [0.717, 1.165) is 5.56 Å². The molecule has 0 radical (unpaired) electrons. The normalized spacial score (nSPS) is 14.9. The molecule has 0 bridgehead atoms. The third kappa shape index (κ3) is 5.28. The Balaban J connectivity index is 3.25. The third-order valence-corrected chi connectivity index (χ3v) is 3.53. The molecule has 0 aromatic heterocycles. The molecule has 23 heavy (non-hydrogen) atoms. The van der Waals surface area contributed by atoms with Crippen LogP contribution >= 0.6 is 0 Å². The molecule has 4 heteroatoms. The van der Waals surface area contributed by atoms with Crippen LogP contribution in [-0.4, -0.2) is 37.5 Å². The Labute approximate surface area is 141 Å². The Kier molecular flexibility index (Phi) is 8.20. The first-order chi connectivity index (χ1) is 10.9. The fraction of sp³-hybridized carbons (Fsp3) is 0.684. The van der Waals surface area contributed by atoms with Gasteiger partial charge in [-0.15, -0.1) is 0 Å². The molecule has 1 unspecified atom stereocenters. The highest BCUT2D eigenvalue weighted by atomic mass is 16.9. The summed E-state index contributed by atoms with van der Waals surface area (Å²) in [7, 11) is 0. The summed E-state index contributed by atoms with van der Waals surface area (Å²) in [6.45, 7) is 13.3. The standard InChI is InChI=1S/C19H32O4/c1-7-20-19(21-8-2,22-9-3)18(6,23-16(4)5)15-17-13-11-10-12-14-17/h10-14,16H,7-9,15H2,1-6H3. The van der Waals surface area contributed by atoms with E-state index in [1.807, 2.05) is 59.7 Å². The van der Waals surface area contributed by atoms with Gasteiger partial charge in [0.05, 0.1) is 6.10 Å². The zero-order valence-corrected chi connectivity index (χ0v) is 15.4. The Morgan fingerprint density at radius 2 is 1.35 bits per heavy atom. The molecule has 4 nitrogen and oxygen atoms in total. The number of hydrogen-bond acceptors (Lipinski definition) is 4. The van der Waals surface area contributed by atoms with E-state index >= 15 is 0 Å². The van der Waals surface area contributed by atoms with Crippen molar-refractivity contribution in [3.05, 3.63) is 35.9 Å². The van der Waals surface area contributed by atoms with Crippen LogP contribution < -0.4 is 0 Å². The van der Waals surface area contributed by atoms with Gasteiger partial charge in [0, 0.05) is 26.2 Å². The highest BCUT2D eigenvalue weighted by molar-refractivity contribution is 5.18. The molecule has 132 valence electrons.